The molecule has 2 saturated carbocycles. The molecular weight excluding hydrogens is 524 g/mol. The fourth-order valence-electron chi connectivity index (χ4n) is 6.96. The first kappa shape index (κ1) is 30.2. The lowest BCUT2D eigenvalue weighted by atomic mass is 9.75. The third-order valence-corrected chi connectivity index (χ3v) is 9.73. The van der Waals surface area contributed by atoms with E-state index in [1.807, 2.05) is 42.5 Å². The van der Waals surface area contributed by atoms with Gasteiger partial charge in [-0.15, -0.1) is 0 Å². The van der Waals surface area contributed by atoms with Crippen molar-refractivity contribution < 1.29 is 23.7 Å². The van der Waals surface area contributed by atoms with E-state index in [4.69, 9.17) is 18.9 Å². The molecule has 0 aromatic heterocycles. The zero-order chi connectivity index (χ0) is 29.9. The van der Waals surface area contributed by atoms with E-state index in [9.17, 15) is 4.79 Å². The zero-order valence-electron chi connectivity index (χ0n) is 25.9. The van der Waals surface area contributed by atoms with Crippen molar-refractivity contribution in [1.82, 2.24) is 0 Å². The molecule has 0 spiro atoms. The molecule has 3 aromatic carbocycles. The van der Waals surface area contributed by atoms with Crippen LogP contribution >= 0.6 is 0 Å². The number of hydrogen-bond donors (Lipinski definition) is 0. The van der Waals surface area contributed by atoms with Gasteiger partial charge >= 0.3 is 5.97 Å². The summed E-state index contributed by atoms with van der Waals surface area (Å²) in [5.41, 5.74) is 2.10. The molecule has 6 unspecified atom stereocenters. The lowest BCUT2D eigenvalue weighted by Crippen LogP contribution is -2.36. The lowest BCUT2D eigenvalue weighted by Gasteiger charge is -2.37. The van der Waals surface area contributed by atoms with Crippen LogP contribution in [0.1, 0.15) is 63.6 Å². The molecule has 5 rings (SSSR count). The van der Waals surface area contributed by atoms with Crippen LogP contribution in [0.3, 0.4) is 0 Å². The second-order valence-electron chi connectivity index (χ2n) is 12.7. The number of ether oxygens (including phenoxy) is 4. The molecule has 5 heteroatoms. The van der Waals surface area contributed by atoms with Gasteiger partial charge in [-0.25, -0.2) is 0 Å². The predicted octanol–water partition coefficient (Wildman–Crippen LogP) is 7.90. The number of rotatable bonds is 11. The van der Waals surface area contributed by atoms with E-state index in [0.717, 1.165) is 41.0 Å². The van der Waals surface area contributed by atoms with Crippen LogP contribution in [0.4, 0.5) is 0 Å². The topological polar surface area (TPSA) is 54.0 Å². The van der Waals surface area contributed by atoms with Crippen LogP contribution in [-0.2, 0) is 19.9 Å². The summed E-state index contributed by atoms with van der Waals surface area (Å²) in [6.45, 7) is 9.35. The van der Waals surface area contributed by atoms with Gasteiger partial charge in [-0.3, -0.25) is 4.79 Å². The van der Waals surface area contributed by atoms with Gasteiger partial charge in [0.2, 0.25) is 0 Å². The number of benzene rings is 3. The number of carbonyl (C=O) groups is 1. The van der Waals surface area contributed by atoms with E-state index in [2.05, 4.69) is 64.1 Å². The quantitative estimate of drug-likeness (QED) is 0.173. The predicted molar refractivity (Wildman–Crippen MR) is 166 cm³/mol. The highest BCUT2D eigenvalue weighted by atomic mass is 16.5. The maximum absolute atomic E-state index is 13.5. The summed E-state index contributed by atoms with van der Waals surface area (Å²) < 4.78 is 24.3. The lowest BCUT2D eigenvalue weighted by molar-refractivity contribution is -0.158. The first-order valence-corrected chi connectivity index (χ1v) is 15.5. The highest BCUT2D eigenvalue weighted by molar-refractivity contribution is 5.76. The third kappa shape index (κ3) is 6.08. The van der Waals surface area contributed by atoms with E-state index < -0.39 is 5.60 Å². The molecule has 3 aromatic rings. The maximum atomic E-state index is 13.5. The zero-order valence-corrected chi connectivity index (χ0v) is 25.9. The van der Waals surface area contributed by atoms with Gasteiger partial charge in [0.25, 0.3) is 0 Å². The summed E-state index contributed by atoms with van der Waals surface area (Å²) >= 11 is 0. The first-order chi connectivity index (χ1) is 20.3. The highest BCUT2D eigenvalue weighted by Gasteiger charge is 2.55. The summed E-state index contributed by atoms with van der Waals surface area (Å²) in [6.07, 6.45) is 3.32. The SMILES string of the molecule is COc1ccc(C(OCC2C(C)C2C(=O)OC2CC(C)CCC2C(C)C)(c2ccccc2)c2ccc(OC)cc2)cc1. The summed E-state index contributed by atoms with van der Waals surface area (Å²) in [6, 6.07) is 26.4. The van der Waals surface area contributed by atoms with Gasteiger partial charge in [0.1, 0.15) is 23.2 Å². The van der Waals surface area contributed by atoms with E-state index in [0.29, 0.717) is 24.4 Å². The minimum absolute atomic E-state index is 0.0117. The van der Waals surface area contributed by atoms with Crippen LogP contribution in [-0.4, -0.2) is 32.9 Å². The van der Waals surface area contributed by atoms with Crippen LogP contribution in [0.15, 0.2) is 78.9 Å². The van der Waals surface area contributed by atoms with Crippen LogP contribution in [0, 0.1) is 35.5 Å². The number of esters is 1. The molecular formula is C37H46O5. The first-order valence-electron chi connectivity index (χ1n) is 15.5. The minimum atomic E-state index is -0.891. The van der Waals surface area contributed by atoms with Crippen molar-refractivity contribution in [1.29, 1.82) is 0 Å². The third-order valence-electron chi connectivity index (χ3n) is 9.73. The van der Waals surface area contributed by atoms with Gasteiger partial charge in [-0.05, 0) is 83.4 Å². The molecule has 42 heavy (non-hydrogen) atoms. The van der Waals surface area contributed by atoms with Gasteiger partial charge in [-0.1, -0.05) is 88.7 Å². The van der Waals surface area contributed by atoms with Crippen LogP contribution in [0.5, 0.6) is 11.5 Å². The minimum Gasteiger partial charge on any atom is -0.497 e. The second-order valence-corrected chi connectivity index (χ2v) is 12.7. The smallest absolute Gasteiger partial charge is 0.309 e. The van der Waals surface area contributed by atoms with E-state index in [1.54, 1.807) is 14.2 Å². The summed E-state index contributed by atoms with van der Waals surface area (Å²) in [7, 11) is 3.34. The highest BCUT2D eigenvalue weighted by Crippen LogP contribution is 2.50. The summed E-state index contributed by atoms with van der Waals surface area (Å²) in [5, 5.41) is 0. The Morgan fingerprint density at radius 2 is 1.36 bits per heavy atom. The molecule has 0 bridgehead atoms. The summed E-state index contributed by atoms with van der Waals surface area (Å²) in [5.74, 6) is 3.20. The van der Waals surface area contributed by atoms with Crippen LogP contribution < -0.4 is 9.47 Å². The Balaban J connectivity index is 1.43. The molecule has 2 fully saturated rings. The molecule has 2 aliphatic carbocycles. The van der Waals surface area contributed by atoms with Crippen molar-refractivity contribution in [3.05, 3.63) is 95.6 Å². The van der Waals surface area contributed by atoms with Crippen molar-refractivity contribution in [2.24, 2.45) is 35.5 Å². The molecule has 0 saturated heterocycles. The average molecular weight is 571 g/mol. The molecule has 224 valence electrons. The Hall–Kier alpha value is -3.31. The number of methoxy groups -OCH3 is 2. The maximum Gasteiger partial charge on any atom is 0.309 e. The van der Waals surface area contributed by atoms with E-state index in [1.165, 1.54) is 6.42 Å². The standard InChI is InChI=1S/C37H46O5/c1-24(2)32-21-12-25(3)22-34(32)42-36(38)35-26(4)33(35)23-41-37(27-10-8-7-9-11-27,28-13-17-30(39-5)18-14-28)29-15-19-31(40-6)20-16-29/h7-11,13-20,24-26,32-35H,12,21-23H2,1-6H3. The van der Waals surface area contributed by atoms with Gasteiger partial charge in [0.15, 0.2) is 0 Å². The van der Waals surface area contributed by atoms with E-state index >= 15 is 0 Å². The molecule has 0 aliphatic heterocycles. The van der Waals surface area contributed by atoms with Gasteiger partial charge in [0, 0.05) is 0 Å². The van der Waals surface area contributed by atoms with Gasteiger partial charge in [-0.2, -0.15) is 0 Å². The molecule has 2 aliphatic rings. The Bertz CT molecular complexity index is 1250. The summed E-state index contributed by atoms with van der Waals surface area (Å²) in [4.78, 5) is 13.5. The van der Waals surface area contributed by atoms with Crippen molar-refractivity contribution in [3.63, 3.8) is 0 Å². The normalized spacial score (nSPS) is 25.6. The van der Waals surface area contributed by atoms with Crippen molar-refractivity contribution >= 4 is 5.97 Å². The van der Waals surface area contributed by atoms with Gasteiger partial charge < -0.3 is 18.9 Å². The number of carbonyl (C=O) groups excluding carboxylic acids is 1. The molecule has 0 radical (unpaired) electrons. The molecule has 0 amide bonds. The Morgan fingerprint density at radius 3 is 1.88 bits per heavy atom. The van der Waals surface area contributed by atoms with Crippen molar-refractivity contribution in [3.8, 4) is 11.5 Å². The molecule has 5 nitrogen and oxygen atoms in total. The largest absolute Gasteiger partial charge is 0.497 e. The monoisotopic (exact) mass is 570 g/mol. The van der Waals surface area contributed by atoms with Crippen LogP contribution in [0.25, 0.3) is 0 Å². The Kier molecular flexibility index (Phi) is 9.27. The molecule has 0 N–H and O–H groups in total. The number of hydrogen-bond acceptors (Lipinski definition) is 5. The van der Waals surface area contributed by atoms with Crippen molar-refractivity contribution in [2.45, 2.75) is 58.7 Å². The fourth-order valence-corrected chi connectivity index (χ4v) is 6.96. The fraction of sp³-hybridized carbons (Fsp3) is 0.486. The Morgan fingerprint density at radius 1 is 0.810 bits per heavy atom. The molecule has 0 heterocycles. The Labute approximate surface area is 251 Å². The van der Waals surface area contributed by atoms with Gasteiger partial charge in [0.05, 0.1) is 26.7 Å². The van der Waals surface area contributed by atoms with Crippen LogP contribution in [0.2, 0.25) is 0 Å². The molecule has 6 atom stereocenters. The second kappa shape index (κ2) is 12.9. The average Bonchev–Trinajstić information content (AvgIpc) is 3.67. The van der Waals surface area contributed by atoms with Crippen molar-refractivity contribution in [2.75, 3.05) is 20.8 Å². The van der Waals surface area contributed by atoms with E-state index in [-0.39, 0.29) is 29.8 Å².